The Labute approximate surface area is 130 Å². The lowest BCUT2D eigenvalue weighted by molar-refractivity contribution is 0.702. The van der Waals surface area contributed by atoms with Crippen LogP contribution in [0.25, 0.3) is 0 Å². The molecule has 0 aromatic carbocycles. The summed E-state index contributed by atoms with van der Waals surface area (Å²) in [5, 5.41) is 0. The van der Waals surface area contributed by atoms with Crippen LogP contribution in [0.2, 0.25) is 0 Å². The smallest absolute Gasteiger partial charge is 0.0500 e. The van der Waals surface area contributed by atoms with E-state index in [9.17, 15) is 0 Å². The summed E-state index contributed by atoms with van der Waals surface area (Å²) in [6, 6.07) is 0. The molecule has 0 radical (unpaired) electrons. The third-order valence-corrected chi connectivity index (χ3v) is 0.957. The molecule has 0 spiro atoms. The molecule has 0 bridgehead atoms. The fourth-order valence-corrected chi connectivity index (χ4v) is 0.500. The molecule has 0 amide bonds. The summed E-state index contributed by atoms with van der Waals surface area (Å²) in [5.74, 6) is 0.833. The topological polar surface area (TPSA) is 0 Å². The fourth-order valence-electron chi connectivity index (χ4n) is 0.500. The minimum Gasteiger partial charge on any atom is -0.0776 e. The monoisotopic (exact) mass is 282 g/mol. The molecule has 19 heavy (non-hydrogen) atoms. The molecule has 0 aromatic rings. The lowest BCUT2D eigenvalue weighted by atomic mass is 10.2. The summed E-state index contributed by atoms with van der Waals surface area (Å²) in [7, 11) is 0. The first-order valence-electron chi connectivity index (χ1n) is 7.06. The maximum atomic E-state index is 2.23. The van der Waals surface area contributed by atoms with Crippen molar-refractivity contribution in [2.45, 2.75) is 124 Å². The Hall–Kier alpha value is 0. The summed E-state index contributed by atoms with van der Waals surface area (Å²) in [4.78, 5) is 0. The zero-order valence-corrected chi connectivity index (χ0v) is 13.1. The van der Waals surface area contributed by atoms with E-state index in [-0.39, 0.29) is 29.7 Å². The Bertz CT molecular complexity index is 39.2. The van der Waals surface area contributed by atoms with Crippen LogP contribution in [0.15, 0.2) is 0 Å². The molecule has 0 heteroatoms. The Kier molecular flexibility index (Phi) is 218. The van der Waals surface area contributed by atoms with Crippen molar-refractivity contribution in [3.05, 3.63) is 0 Å². The van der Waals surface area contributed by atoms with Gasteiger partial charge in [0.2, 0.25) is 0 Å². The van der Waals surface area contributed by atoms with Crippen LogP contribution >= 0.6 is 0 Å². The van der Waals surface area contributed by atoms with Crippen molar-refractivity contribution in [2.75, 3.05) is 0 Å². The van der Waals surface area contributed by atoms with Crippen LogP contribution in [0.3, 0.4) is 0 Å². The highest BCUT2D eigenvalue weighted by Crippen LogP contribution is 1.95. The van der Waals surface area contributed by atoms with Gasteiger partial charge < -0.3 is 0 Å². The molecule has 0 heterocycles. The summed E-state index contributed by atoms with van der Waals surface area (Å²) in [6.07, 6.45) is 6.79. The van der Waals surface area contributed by atoms with Crippen LogP contribution in [0, 0.1) is 5.92 Å². The van der Waals surface area contributed by atoms with Gasteiger partial charge in [0.1, 0.15) is 0 Å². The fraction of sp³-hybridized carbons (Fsp3) is 1.00. The predicted molar refractivity (Wildman–Crippen MR) is 105 cm³/mol. The van der Waals surface area contributed by atoms with E-state index >= 15 is 0 Å². The minimum atomic E-state index is 0. The molecule has 0 rings (SSSR count). The predicted octanol–water partition coefficient (Wildman–Crippen LogP) is 9.24. The quantitative estimate of drug-likeness (QED) is 0.452. The zero-order chi connectivity index (χ0) is 13.1. The van der Waals surface area contributed by atoms with E-state index in [4.69, 9.17) is 0 Å². The van der Waals surface area contributed by atoms with Gasteiger partial charge in [0.25, 0.3) is 0 Å². The van der Waals surface area contributed by atoms with Crippen LogP contribution in [-0.4, -0.2) is 0 Å². The van der Waals surface area contributed by atoms with E-state index < -0.39 is 0 Å². The summed E-state index contributed by atoms with van der Waals surface area (Å²) >= 11 is 0. The van der Waals surface area contributed by atoms with Crippen LogP contribution in [0.1, 0.15) is 124 Å². The molecule has 0 N–H and O–H groups in total. The molecule has 0 nitrogen and oxygen atoms in total. The molecular formula is C19H54. The standard InChI is InChI=1S/C6H14.C4H10.C3H8.C2H6.4CH4/c1-3-5-6-4-2;1-4(2)3;1-3-2;1-2;;;;/h3-6H2,1-2H3;4H,1-3H3;3H2,1-2H3;1-2H3;4*1H4. The van der Waals surface area contributed by atoms with Gasteiger partial charge >= 0.3 is 0 Å². The van der Waals surface area contributed by atoms with E-state index in [1.54, 1.807) is 0 Å². The molecule has 0 aromatic heterocycles. The number of unbranched alkanes of at least 4 members (excludes halogenated alkanes) is 3. The second-order valence-electron chi connectivity index (χ2n) is 4.15. The average molecular weight is 283 g/mol. The first-order valence-corrected chi connectivity index (χ1v) is 7.06. The van der Waals surface area contributed by atoms with Gasteiger partial charge in [0, 0.05) is 0 Å². The highest BCUT2D eigenvalue weighted by molar-refractivity contribution is 4.31. The minimum absolute atomic E-state index is 0. The molecule has 0 saturated heterocycles. The summed E-state index contributed by atoms with van der Waals surface area (Å²) < 4.78 is 0. The number of hydrogen-bond donors (Lipinski definition) is 0. The van der Waals surface area contributed by atoms with Crippen LogP contribution in [-0.2, 0) is 0 Å². The van der Waals surface area contributed by atoms with Gasteiger partial charge in [-0.25, -0.2) is 0 Å². The van der Waals surface area contributed by atoms with Gasteiger partial charge in [0.05, 0.1) is 0 Å². The highest BCUT2D eigenvalue weighted by Gasteiger charge is 1.75. The van der Waals surface area contributed by atoms with E-state index in [1.807, 2.05) is 13.8 Å². The van der Waals surface area contributed by atoms with E-state index in [0.717, 1.165) is 5.92 Å². The molecule has 0 unspecified atom stereocenters. The highest BCUT2D eigenvalue weighted by atomic mass is 13.8. The normalized spacial score (nSPS) is 6.00. The molecule has 0 fully saturated rings. The Morgan fingerprint density at radius 3 is 0.737 bits per heavy atom. The van der Waals surface area contributed by atoms with Gasteiger partial charge in [-0.1, -0.05) is 124 Å². The third kappa shape index (κ3) is 512. The van der Waals surface area contributed by atoms with Crippen LogP contribution < -0.4 is 0 Å². The van der Waals surface area contributed by atoms with Crippen molar-refractivity contribution in [1.29, 1.82) is 0 Å². The van der Waals surface area contributed by atoms with E-state index in [0.29, 0.717) is 0 Å². The van der Waals surface area contributed by atoms with Crippen molar-refractivity contribution in [3.63, 3.8) is 0 Å². The van der Waals surface area contributed by atoms with Crippen molar-refractivity contribution < 1.29 is 0 Å². The van der Waals surface area contributed by atoms with Gasteiger partial charge in [-0.15, -0.1) is 0 Å². The third-order valence-electron chi connectivity index (χ3n) is 0.957. The molecular weight excluding hydrogens is 228 g/mol. The van der Waals surface area contributed by atoms with Crippen molar-refractivity contribution >= 4 is 0 Å². The average Bonchev–Trinajstić information content (AvgIpc) is 2.18. The molecule has 0 saturated carbocycles. The van der Waals surface area contributed by atoms with E-state index in [2.05, 4.69) is 48.5 Å². The van der Waals surface area contributed by atoms with Gasteiger partial charge in [0.15, 0.2) is 0 Å². The Balaban J connectivity index is -0.0000000141. The second-order valence-corrected chi connectivity index (χ2v) is 4.15. The van der Waals surface area contributed by atoms with Crippen LogP contribution in [0.4, 0.5) is 0 Å². The maximum Gasteiger partial charge on any atom is -0.0500 e. The Morgan fingerprint density at radius 2 is 0.684 bits per heavy atom. The SMILES string of the molecule is C.C.C.C.CC.CC(C)C.CCC.CCCCCC. The van der Waals surface area contributed by atoms with Crippen molar-refractivity contribution in [3.8, 4) is 0 Å². The molecule has 0 atom stereocenters. The van der Waals surface area contributed by atoms with Gasteiger partial charge in [-0.05, 0) is 5.92 Å². The number of rotatable bonds is 3. The van der Waals surface area contributed by atoms with Crippen molar-refractivity contribution in [1.82, 2.24) is 0 Å². The Morgan fingerprint density at radius 1 is 0.579 bits per heavy atom. The van der Waals surface area contributed by atoms with Crippen molar-refractivity contribution in [2.24, 2.45) is 5.92 Å². The van der Waals surface area contributed by atoms with Crippen LogP contribution in [0.5, 0.6) is 0 Å². The molecule has 0 aliphatic heterocycles. The molecule has 0 aliphatic carbocycles. The first-order chi connectivity index (χ1) is 7.06. The van der Waals surface area contributed by atoms with Gasteiger partial charge in [-0.2, -0.15) is 0 Å². The van der Waals surface area contributed by atoms with Gasteiger partial charge in [-0.3, -0.25) is 0 Å². The zero-order valence-electron chi connectivity index (χ0n) is 13.1. The number of hydrogen-bond acceptors (Lipinski definition) is 0. The lowest BCUT2D eigenvalue weighted by Gasteiger charge is -1.86. The van der Waals surface area contributed by atoms with E-state index in [1.165, 1.54) is 32.1 Å². The lowest BCUT2D eigenvalue weighted by Crippen LogP contribution is -1.66. The largest absolute Gasteiger partial charge is 0.0776 e. The second kappa shape index (κ2) is 81.3. The maximum absolute atomic E-state index is 2.23. The summed E-state index contributed by atoms with van der Waals surface area (Å²) in [5.41, 5.74) is 0. The first kappa shape index (κ1) is 50.9. The molecule has 130 valence electrons. The molecule has 0 aliphatic rings. The summed E-state index contributed by atoms with van der Waals surface area (Å²) in [6.45, 7) is 19.2.